The minimum absolute atomic E-state index is 0.303. The van der Waals surface area contributed by atoms with Crippen molar-refractivity contribution in [1.29, 1.82) is 0 Å². The van der Waals surface area contributed by atoms with Crippen molar-refractivity contribution in [2.24, 2.45) is 5.73 Å². The molecule has 5 heteroatoms. The van der Waals surface area contributed by atoms with Crippen molar-refractivity contribution in [3.05, 3.63) is 41.2 Å². The Hall–Kier alpha value is -1.75. The lowest BCUT2D eigenvalue weighted by molar-refractivity contribution is 0.587. The van der Waals surface area contributed by atoms with Crippen molar-refractivity contribution in [3.63, 3.8) is 0 Å². The van der Waals surface area contributed by atoms with Gasteiger partial charge < -0.3 is 5.73 Å². The predicted octanol–water partition coefficient (Wildman–Crippen LogP) is 2.55. The van der Waals surface area contributed by atoms with Gasteiger partial charge in [0.1, 0.15) is 11.6 Å². The standard InChI is InChI=1S/C14H19FN4/c1-4-12-17-13(5-2)19(18-12)11-8-6-7-10(15)14(11)9(3)16/h6-9H,4-5,16H2,1-3H3/t9-/m1/s1. The molecular weight excluding hydrogens is 243 g/mol. The molecule has 2 aromatic rings. The molecule has 4 nitrogen and oxygen atoms in total. The number of aryl methyl sites for hydroxylation is 2. The Labute approximate surface area is 112 Å². The lowest BCUT2D eigenvalue weighted by atomic mass is 10.1. The molecule has 0 amide bonds. The minimum Gasteiger partial charge on any atom is -0.324 e. The highest BCUT2D eigenvalue weighted by molar-refractivity contribution is 5.43. The molecule has 102 valence electrons. The first-order chi connectivity index (χ1) is 9.08. The number of hydrogen-bond donors (Lipinski definition) is 1. The van der Waals surface area contributed by atoms with Crippen molar-refractivity contribution in [1.82, 2.24) is 14.8 Å². The molecule has 0 saturated heterocycles. The molecule has 1 heterocycles. The molecule has 1 atom stereocenters. The predicted molar refractivity (Wildman–Crippen MR) is 72.7 cm³/mol. The zero-order valence-corrected chi connectivity index (χ0v) is 11.5. The van der Waals surface area contributed by atoms with E-state index < -0.39 is 6.04 Å². The third-order valence-corrected chi connectivity index (χ3v) is 3.06. The first-order valence-electron chi connectivity index (χ1n) is 6.57. The first kappa shape index (κ1) is 13.7. The summed E-state index contributed by atoms with van der Waals surface area (Å²) in [4.78, 5) is 4.44. The number of rotatable bonds is 4. The van der Waals surface area contributed by atoms with Crippen LogP contribution in [0.3, 0.4) is 0 Å². The summed E-state index contributed by atoms with van der Waals surface area (Å²) in [6, 6.07) is 4.53. The van der Waals surface area contributed by atoms with E-state index >= 15 is 0 Å². The molecule has 1 aromatic carbocycles. The Morgan fingerprint density at radius 3 is 2.63 bits per heavy atom. The molecule has 0 aliphatic heterocycles. The third-order valence-electron chi connectivity index (χ3n) is 3.06. The average Bonchev–Trinajstić information content (AvgIpc) is 2.81. The number of benzene rings is 1. The largest absolute Gasteiger partial charge is 0.324 e. The smallest absolute Gasteiger partial charge is 0.151 e. The van der Waals surface area contributed by atoms with Gasteiger partial charge >= 0.3 is 0 Å². The Morgan fingerprint density at radius 1 is 1.32 bits per heavy atom. The van der Waals surface area contributed by atoms with Crippen molar-refractivity contribution < 1.29 is 4.39 Å². The van der Waals surface area contributed by atoms with E-state index in [4.69, 9.17) is 5.73 Å². The maximum Gasteiger partial charge on any atom is 0.151 e. The average molecular weight is 262 g/mol. The van der Waals surface area contributed by atoms with Crippen LogP contribution in [-0.4, -0.2) is 14.8 Å². The molecule has 1 aromatic heterocycles. The molecule has 0 fully saturated rings. The highest BCUT2D eigenvalue weighted by atomic mass is 19.1. The van der Waals surface area contributed by atoms with Gasteiger partial charge in [-0.2, -0.15) is 5.10 Å². The molecular formula is C14H19FN4. The highest BCUT2D eigenvalue weighted by Gasteiger charge is 2.17. The van der Waals surface area contributed by atoms with Crippen LogP contribution in [0.15, 0.2) is 18.2 Å². The van der Waals surface area contributed by atoms with Crippen LogP contribution in [0, 0.1) is 5.82 Å². The normalized spacial score (nSPS) is 12.7. The second kappa shape index (κ2) is 5.48. The van der Waals surface area contributed by atoms with Gasteiger partial charge in [0, 0.05) is 24.4 Å². The van der Waals surface area contributed by atoms with Gasteiger partial charge in [-0.1, -0.05) is 19.9 Å². The number of aromatic nitrogens is 3. The molecule has 0 spiro atoms. The lowest BCUT2D eigenvalue weighted by Crippen LogP contribution is -2.14. The summed E-state index contributed by atoms with van der Waals surface area (Å²) in [5.41, 5.74) is 7.04. The maximum atomic E-state index is 14.0. The third kappa shape index (κ3) is 2.51. The fraction of sp³-hybridized carbons (Fsp3) is 0.429. The quantitative estimate of drug-likeness (QED) is 0.921. The van der Waals surface area contributed by atoms with Crippen LogP contribution in [-0.2, 0) is 12.8 Å². The summed E-state index contributed by atoms with van der Waals surface area (Å²) in [7, 11) is 0. The maximum absolute atomic E-state index is 14.0. The van der Waals surface area contributed by atoms with E-state index in [0.29, 0.717) is 11.3 Å². The highest BCUT2D eigenvalue weighted by Crippen LogP contribution is 2.24. The monoisotopic (exact) mass is 262 g/mol. The number of halogens is 1. The minimum atomic E-state index is -0.393. The molecule has 0 aliphatic carbocycles. The van der Waals surface area contributed by atoms with Gasteiger partial charge in [0.05, 0.1) is 5.69 Å². The zero-order valence-electron chi connectivity index (χ0n) is 11.5. The Balaban J connectivity index is 2.64. The summed E-state index contributed by atoms with van der Waals surface area (Å²) >= 11 is 0. The van der Waals surface area contributed by atoms with Crippen LogP contribution in [0.25, 0.3) is 5.69 Å². The number of nitrogens with zero attached hydrogens (tertiary/aromatic N) is 3. The van der Waals surface area contributed by atoms with E-state index in [1.807, 2.05) is 19.9 Å². The van der Waals surface area contributed by atoms with Crippen molar-refractivity contribution >= 4 is 0 Å². The zero-order chi connectivity index (χ0) is 14.0. The van der Waals surface area contributed by atoms with Gasteiger partial charge in [0.15, 0.2) is 5.82 Å². The SMILES string of the molecule is CCc1nc(CC)n(-c2cccc(F)c2[C@@H](C)N)n1. The van der Waals surface area contributed by atoms with E-state index in [1.54, 1.807) is 17.7 Å². The van der Waals surface area contributed by atoms with Gasteiger partial charge in [-0.05, 0) is 19.1 Å². The van der Waals surface area contributed by atoms with Crippen molar-refractivity contribution in [2.45, 2.75) is 39.7 Å². The Morgan fingerprint density at radius 2 is 2.05 bits per heavy atom. The van der Waals surface area contributed by atoms with E-state index in [9.17, 15) is 4.39 Å². The van der Waals surface area contributed by atoms with Crippen LogP contribution < -0.4 is 5.73 Å². The topological polar surface area (TPSA) is 56.7 Å². The van der Waals surface area contributed by atoms with E-state index in [0.717, 1.165) is 24.5 Å². The second-order valence-corrected chi connectivity index (χ2v) is 4.52. The van der Waals surface area contributed by atoms with Crippen molar-refractivity contribution in [2.75, 3.05) is 0 Å². The van der Waals surface area contributed by atoms with Gasteiger partial charge in [-0.15, -0.1) is 0 Å². The Kier molecular flexibility index (Phi) is 3.95. The van der Waals surface area contributed by atoms with Gasteiger partial charge in [-0.25, -0.2) is 14.1 Å². The first-order valence-corrected chi connectivity index (χ1v) is 6.57. The van der Waals surface area contributed by atoms with Crippen molar-refractivity contribution in [3.8, 4) is 5.69 Å². The van der Waals surface area contributed by atoms with Crippen LogP contribution in [0.1, 0.15) is 44.0 Å². The summed E-state index contributed by atoms with van der Waals surface area (Å²) in [5.74, 6) is 1.28. The van der Waals surface area contributed by atoms with Crippen LogP contribution >= 0.6 is 0 Å². The van der Waals surface area contributed by atoms with Crippen LogP contribution in [0.2, 0.25) is 0 Å². The van der Waals surface area contributed by atoms with Gasteiger partial charge in [0.25, 0.3) is 0 Å². The van der Waals surface area contributed by atoms with Crippen LogP contribution in [0.5, 0.6) is 0 Å². The Bertz CT molecular complexity index is 575. The van der Waals surface area contributed by atoms with E-state index in [1.165, 1.54) is 6.07 Å². The fourth-order valence-electron chi connectivity index (χ4n) is 2.12. The number of nitrogens with two attached hydrogens (primary N) is 1. The van der Waals surface area contributed by atoms with Gasteiger partial charge in [0.2, 0.25) is 0 Å². The second-order valence-electron chi connectivity index (χ2n) is 4.52. The summed E-state index contributed by atoms with van der Waals surface area (Å²) < 4.78 is 15.7. The lowest BCUT2D eigenvalue weighted by Gasteiger charge is -2.14. The van der Waals surface area contributed by atoms with E-state index in [-0.39, 0.29) is 5.82 Å². The molecule has 0 aliphatic rings. The summed E-state index contributed by atoms with van der Waals surface area (Å²) in [5, 5.41) is 4.44. The molecule has 0 bridgehead atoms. The van der Waals surface area contributed by atoms with Gasteiger partial charge in [-0.3, -0.25) is 0 Å². The van der Waals surface area contributed by atoms with Crippen LogP contribution in [0.4, 0.5) is 4.39 Å². The molecule has 0 saturated carbocycles. The summed E-state index contributed by atoms with van der Waals surface area (Å²) in [6.45, 7) is 5.77. The molecule has 2 N–H and O–H groups in total. The molecule has 0 radical (unpaired) electrons. The summed E-state index contributed by atoms with van der Waals surface area (Å²) in [6.07, 6.45) is 1.49. The molecule has 19 heavy (non-hydrogen) atoms. The van der Waals surface area contributed by atoms with E-state index in [2.05, 4.69) is 10.1 Å². The molecule has 2 rings (SSSR count). The number of hydrogen-bond acceptors (Lipinski definition) is 3. The fourth-order valence-corrected chi connectivity index (χ4v) is 2.12. The molecule has 0 unspecified atom stereocenters.